The molecule has 9 heteroatoms. The normalized spacial score (nSPS) is 14.1. The van der Waals surface area contributed by atoms with Gasteiger partial charge in [0.05, 0.1) is 30.4 Å². The van der Waals surface area contributed by atoms with Gasteiger partial charge in [-0.2, -0.15) is 0 Å². The molecule has 3 rings (SSSR count). The van der Waals surface area contributed by atoms with E-state index in [0.29, 0.717) is 18.9 Å². The summed E-state index contributed by atoms with van der Waals surface area (Å²) in [7, 11) is -2.07. The van der Waals surface area contributed by atoms with Crippen molar-refractivity contribution in [3.8, 4) is 0 Å². The van der Waals surface area contributed by atoms with Crippen molar-refractivity contribution in [3.63, 3.8) is 0 Å². The molecule has 0 unspecified atom stereocenters. The van der Waals surface area contributed by atoms with E-state index in [1.165, 1.54) is 24.1 Å². The van der Waals surface area contributed by atoms with Gasteiger partial charge < -0.3 is 19.9 Å². The first-order chi connectivity index (χ1) is 15.2. The first-order valence-electron chi connectivity index (χ1n) is 10.5. The molecule has 2 aromatic carbocycles. The SMILES string of the molecule is Cc1ccc(S(=O)(=O)CCC(=O)N(C)CC(=O)Nc2ccc(N3CCOCC3)cc2)cc1. The number of aryl methyl sites for hydroxylation is 1. The molecule has 2 aromatic rings. The van der Waals surface area contributed by atoms with Crippen molar-refractivity contribution < 1.29 is 22.7 Å². The maximum atomic E-state index is 12.4. The number of carbonyl (C=O) groups excluding carboxylic acids is 2. The average Bonchev–Trinajstić information content (AvgIpc) is 2.79. The Kier molecular flexibility index (Phi) is 7.87. The van der Waals surface area contributed by atoms with Gasteiger partial charge >= 0.3 is 0 Å². The molecule has 2 amide bonds. The van der Waals surface area contributed by atoms with Gasteiger partial charge in [-0.1, -0.05) is 17.7 Å². The average molecular weight is 460 g/mol. The van der Waals surface area contributed by atoms with Gasteiger partial charge in [-0.25, -0.2) is 8.42 Å². The first kappa shape index (κ1) is 23.7. The third kappa shape index (κ3) is 6.54. The van der Waals surface area contributed by atoms with E-state index >= 15 is 0 Å². The molecule has 1 fully saturated rings. The zero-order valence-electron chi connectivity index (χ0n) is 18.4. The minimum Gasteiger partial charge on any atom is -0.378 e. The van der Waals surface area contributed by atoms with E-state index in [0.717, 1.165) is 24.3 Å². The van der Waals surface area contributed by atoms with Crippen molar-refractivity contribution in [2.75, 3.05) is 55.9 Å². The van der Waals surface area contributed by atoms with Crippen LogP contribution in [0, 0.1) is 6.92 Å². The highest BCUT2D eigenvalue weighted by molar-refractivity contribution is 7.91. The number of amides is 2. The molecule has 0 atom stereocenters. The van der Waals surface area contributed by atoms with Crippen molar-refractivity contribution in [1.82, 2.24) is 4.90 Å². The van der Waals surface area contributed by atoms with Gasteiger partial charge in [0, 0.05) is 37.9 Å². The molecule has 1 saturated heterocycles. The second-order valence-electron chi connectivity index (χ2n) is 7.83. The van der Waals surface area contributed by atoms with Crippen LogP contribution in [0.3, 0.4) is 0 Å². The van der Waals surface area contributed by atoms with Crippen LogP contribution in [-0.4, -0.2) is 70.8 Å². The van der Waals surface area contributed by atoms with Gasteiger partial charge in [0.1, 0.15) is 0 Å². The molecule has 8 nitrogen and oxygen atoms in total. The topological polar surface area (TPSA) is 96.0 Å². The molecule has 172 valence electrons. The van der Waals surface area contributed by atoms with Gasteiger partial charge in [-0.3, -0.25) is 9.59 Å². The fraction of sp³-hybridized carbons (Fsp3) is 0.391. The molecule has 0 saturated carbocycles. The summed E-state index contributed by atoms with van der Waals surface area (Å²) < 4.78 is 30.2. The summed E-state index contributed by atoms with van der Waals surface area (Å²) in [6.07, 6.45) is -0.186. The van der Waals surface area contributed by atoms with E-state index in [1.807, 2.05) is 31.2 Å². The maximum Gasteiger partial charge on any atom is 0.243 e. The number of ether oxygens (including phenoxy) is 1. The summed E-state index contributed by atoms with van der Waals surface area (Å²) >= 11 is 0. The lowest BCUT2D eigenvalue weighted by Crippen LogP contribution is -2.36. The molecule has 1 N–H and O–H groups in total. The molecule has 0 aliphatic carbocycles. The number of sulfone groups is 1. The van der Waals surface area contributed by atoms with E-state index in [2.05, 4.69) is 10.2 Å². The zero-order valence-corrected chi connectivity index (χ0v) is 19.2. The van der Waals surface area contributed by atoms with Crippen LogP contribution in [0.5, 0.6) is 0 Å². The van der Waals surface area contributed by atoms with Crippen LogP contribution >= 0.6 is 0 Å². The van der Waals surface area contributed by atoms with Crippen LogP contribution in [0.1, 0.15) is 12.0 Å². The van der Waals surface area contributed by atoms with Crippen LogP contribution in [0.4, 0.5) is 11.4 Å². The third-order valence-corrected chi connectivity index (χ3v) is 7.03. The largest absolute Gasteiger partial charge is 0.378 e. The van der Waals surface area contributed by atoms with Gasteiger partial charge in [0.15, 0.2) is 9.84 Å². The van der Waals surface area contributed by atoms with Crippen molar-refractivity contribution in [2.45, 2.75) is 18.2 Å². The molecule has 32 heavy (non-hydrogen) atoms. The molecule has 1 aliphatic rings. The first-order valence-corrected chi connectivity index (χ1v) is 12.2. The number of carbonyl (C=O) groups is 2. The number of morpholine rings is 1. The van der Waals surface area contributed by atoms with Crippen LogP contribution in [0.2, 0.25) is 0 Å². The Morgan fingerprint density at radius 2 is 1.66 bits per heavy atom. The van der Waals surface area contributed by atoms with Crippen molar-refractivity contribution in [3.05, 3.63) is 54.1 Å². The number of hydrogen-bond acceptors (Lipinski definition) is 6. The predicted molar refractivity (Wildman–Crippen MR) is 124 cm³/mol. The number of nitrogens with one attached hydrogen (secondary N) is 1. The fourth-order valence-corrected chi connectivity index (χ4v) is 4.59. The number of hydrogen-bond donors (Lipinski definition) is 1. The number of likely N-dealkylation sites (N-methyl/N-ethyl adjacent to an activating group) is 1. The second-order valence-corrected chi connectivity index (χ2v) is 9.94. The molecular weight excluding hydrogens is 430 g/mol. The smallest absolute Gasteiger partial charge is 0.243 e. The predicted octanol–water partition coefficient (Wildman–Crippen LogP) is 2.09. The van der Waals surface area contributed by atoms with Gasteiger partial charge in [-0.15, -0.1) is 0 Å². The highest BCUT2D eigenvalue weighted by atomic mass is 32.2. The minimum absolute atomic E-state index is 0.158. The monoisotopic (exact) mass is 459 g/mol. The lowest BCUT2D eigenvalue weighted by Gasteiger charge is -2.28. The highest BCUT2D eigenvalue weighted by Crippen LogP contribution is 2.19. The Balaban J connectivity index is 1.47. The summed E-state index contributed by atoms with van der Waals surface area (Å²) in [5.74, 6) is -1.05. The number of benzene rings is 2. The van der Waals surface area contributed by atoms with E-state index in [-0.39, 0.29) is 29.5 Å². The van der Waals surface area contributed by atoms with Crippen LogP contribution in [0.25, 0.3) is 0 Å². The van der Waals surface area contributed by atoms with E-state index < -0.39 is 15.7 Å². The van der Waals surface area contributed by atoms with Crippen LogP contribution < -0.4 is 10.2 Å². The lowest BCUT2D eigenvalue weighted by atomic mass is 10.2. The van der Waals surface area contributed by atoms with Crippen LogP contribution in [0.15, 0.2) is 53.4 Å². The maximum absolute atomic E-state index is 12.4. The van der Waals surface area contributed by atoms with Gasteiger partial charge in [0.25, 0.3) is 0 Å². The molecule has 1 aliphatic heterocycles. The standard InChI is InChI=1S/C23H29N3O5S/c1-18-3-9-21(10-4-18)32(29,30)16-11-23(28)25(2)17-22(27)24-19-5-7-20(8-6-19)26-12-14-31-15-13-26/h3-10H,11-17H2,1-2H3,(H,24,27). The highest BCUT2D eigenvalue weighted by Gasteiger charge is 2.19. The number of rotatable bonds is 8. The van der Waals surface area contributed by atoms with Crippen molar-refractivity contribution in [1.29, 1.82) is 0 Å². The Hall–Kier alpha value is -2.91. The third-order valence-electron chi connectivity index (χ3n) is 5.30. The Morgan fingerprint density at radius 1 is 1.03 bits per heavy atom. The number of nitrogens with zero attached hydrogens (tertiary/aromatic N) is 2. The summed E-state index contributed by atoms with van der Waals surface area (Å²) in [6.45, 7) is 4.78. The van der Waals surface area contributed by atoms with E-state index in [9.17, 15) is 18.0 Å². The Bertz CT molecular complexity index is 1030. The lowest BCUT2D eigenvalue weighted by molar-refractivity contribution is -0.132. The van der Waals surface area contributed by atoms with Crippen LogP contribution in [-0.2, 0) is 24.2 Å². The molecule has 0 aromatic heterocycles. The van der Waals surface area contributed by atoms with E-state index in [4.69, 9.17) is 4.74 Å². The van der Waals surface area contributed by atoms with Crippen molar-refractivity contribution >= 4 is 33.0 Å². The zero-order chi connectivity index (χ0) is 23.1. The molecule has 0 radical (unpaired) electrons. The summed E-state index contributed by atoms with van der Waals surface area (Å²) in [6, 6.07) is 14.0. The second kappa shape index (κ2) is 10.6. The Morgan fingerprint density at radius 3 is 2.28 bits per heavy atom. The Labute approximate surface area is 189 Å². The number of anilines is 2. The van der Waals surface area contributed by atoms with Crippen molar-refractivity contribution in [2.24, 2.45) is 0 Å². The molecule has 0 bridgehead atoms. The van der Waals surface area contributed by atoms with Gasteiger partial charge in [-0.05, 0) is 43.3 Å². The molecule has 0 spiro atoms. The quantitative estimate of drug-likeness (QED) is 0.650. The minimum atomic E-state index is -3.56. The van der Waals surface area contributed by atoms with E-state index in [1.54, 1.807) is 12.1 Å². The van der Waals surface area contributed by atoms with Gasteiger partial charge in [0.2, 0.25) is 11.8 Å². The summed E-state index contributed by atoms with van der Waals surface area (Å²) in [5.41, 5.74) is 2.66. The molecular formula is C23H29N3O5S. The summed E-state index contributed by atoms with van der Waals surface area (Å²) in [4.78, 5) is 28.3. The molecule has 1 heterocycles. The fourth-order valence-electron chi connectivity index (χ4n) is 3.36. The summed E-state index contributed by atoms with van der Waals surface area (Å²) in [5, 5.41) is 2.77.